The van der Waals surface area contributed by atoms with Gasteiger partial charge in [-0.1, -0.05) is 23.2 Å². The van der Waals surface area contributed by atoms with Gasteiger partial charge in [0.2, 0.25) is 0 Å². The number of hydrogen-bond donors (Lipinski definition) is 3. The Morgan fingerprint density at radius 1 is 1.15 bits per heavy atom. The van der Waals surface area contributed by atoms with Gasteiger partial charge in [-0.15, -0.1) is 0 Å². The van der Waals surface area contributed by atoms with Crippen LogP contribution in [0, 0.1) is 0 Å². The lowest BCUT2D eigenvalue weighted by Gasteiger charge is -2.19. The lowest BCUT2D eigenvalue weighted by molar-refractivity contribution is 0.0506. The first-order valence-electron chi connectivity index (χ1n) is 5.68. The maximum absolute atomic E-state index is 11.6. The van der Waals surface area contributed by atoms with E-state index < -0.39 is 17.7 Å². The fourth-order valence-corrected chi connectivity index (χ4v) is 1.50. The van der Waals surface area contributed by atoms with E-state index in [-0.39, 0.29) is 0 Å². The van der Waals surface area contributed by atoms with Gasteiger partial charge < -0.3 is 10.1 Å². The molecule has 0 saturated heterocycles. The third-order valence-corrected chi connectivity index (χ3v) is 2.42. The van der Waals surface area contributed by atoms with E-state index in [1.54, 1.807) is 32.9 Å². The van der Waals surface area contributed by atoms with Gasteiger partial charge in [-0.3, -0.25) is 0 Å². The maximum atomic E-state index is 11.6. The summed E-state index contributed by atoms with van der Waals surface area (Å²) in [4.78, 5) is 22.9. The molecule has 1 aromatic carbocycles. The number of carbonyl (C=O) groups excluding carboxylic acids is 2. The van der Waals surface area contributed by atoms with Crippen molar-refractivity contribution in [3.8, 4) is 0 Å². The average molecular weight is 320 g/mol. The molecular weight excluding hydrogens is 305 g/mol. The average Bonchev–Trinajstić information content (AvgIpc) is 2.29. The number of halogens is 2. The zero-order chi connectivity index (χ0) is 15.3. The molecule has 0 aromatic heterocycles. The zero-order valence-electron chi connectivity index (χ0n) is 11.2. The molecule has 1 rings (SSSR count). The molecule has 0 aliphatic rings. The molecule has 0 fully saturated rings. The molecule has 8 heteroatoms. The lowest BCUT2D eigenvalue weighted by Crippen LogP contribution is -2.46. The van der Waals surface area contributed by atoms with Crippen LogP contribution in [0.5, 0.6) is 0 Å². The van der Waals surface area contributed by atoms with Crippen molar-refractivity contribution < 1.29 is 14.3 Å². The molecule has 0 heterocycles. The monoisotopic (exact) mass is 319 g/mol. The number of ether oxygens (including phenoxy) is 1. The summed E-state index contributed by atoms with van der Waals surface area (Å²) in [5.74, 6) is 0. The van der Waals surface area contributed by atoms with Gasteiger partial charge in [0, 0.05) is 5.02 Å². The molecular formula is C12H15Cl2N3O3. The molecule has 3 amide bonds. The second kappa shape index (κ2) is 6.67. The quantitative estimate of drug-likeness (QED) is 0.692. The fourth-order valence-electron chi connectivity index (χ4n) is 1.16. The van der Waals surface area contributed by atoms with Crippen LogP contribution in [-0.4, -0.2) is 17.7 Å². The molecule has 1 aromatic rings. The van der Waals surface area contributed by atoms with Gasteiger partial charge in [-0.25, -0.2) is 20.4 Å². The first-order chi connectivity index (χ1) is 9.17. The number of rotatable bonds is 1. The largest absolute Gasteiger partial charge is 0.443 e. The van der Waals surface area contributed by atoms with Crippen LogP contribution in [0.15, 0.2) is 18.2 Å². The molecule has 0 unspecified atom stereocenters. The number of amides is 3. The highest BCUT2D eigenvalue weighted by molar-refractivity contribution is 6.35. The summed E-state index contributed by atoms with van der Waals surface area (Å²) in [5, 5.41) is 3.17. The highest BCUT2D eigenvalue weighted by Gasteiger charge is 2.16. The van der Waals surface area contributed by atoms with Crippen molar-refractivity contribution in [1.82, 2.24) is 10.9 Å². The van der Waals surface area contributed by atoms with Crippen LogP contribution in [0.3, 0.4) is 0 Å². The van der Waals surface area contributed by atoms with Crippen LogP contribution in [0.1, 0.15) is 20.8 Å². The highest BCUT2D eigenvalue weighted by Crippen LogP contribution is 2.25. The maximum Gasteiger partial charge on any atom is 0.426 e. The zero-order valence-corrected chi connectivity index (χ0v) is 12.7. The molecule has 110 valence electrons. The number of benzene rings is 1. The van der Waals surface area contributed by atoms with E-state index in [9.17, 15) is 9.59 Å². The summed E-state index contributed by atoms with van der Waals surface area (Å²) in [6.07, 6.45) is -0.773. The Labute approximate surface area is 126 Å². The number of urea groups is 1. The van der Waals surface area contributed by atoms with Crippen molar-refractivity contribution >= 4 is 41.0 Å². The number of hydrazine groups is 1. The summed E-state index contributed by atoms with van der Waals surface area (Å²) < 4.78 is 4.94. The van der Waals surface area contributed by atoms with Gasteiger partial charge in [0.1, 0.15) is 5.60 Å². The Kier molecular flexibility index (Phi) is 5.47. The van der Waals surface area contributed by atoms with Crippen molar-refractivity contribution in [2.45, 2.75) is 26.4 Å². The summed E-state index contributed by atoms with van der Waals surface area (Å²) in [6.45, 7) is 5.12. The summed E-state index contributed by atoms with van der Waals surface area (Å²) in [6, 6.07) is 3.93. The normalized spacial score (nSPS) is 10.7. The molecule has 20 heavy (non-hydrogen) atoms. The molecule has 0 aliphatic heterocycles. The number of nitrogens with one attached hydrogen (secondary N) is 3. The van der Waals surface area contributed by atoms with Crippen LogP contribution in [0.2, 0.25) is 10.0 Å². The number of carbonyl (C=O) groups is 2. The fraction of sp³-hybridized carbons (Fsp3) is 0.333. The van der Waals surface area contributed by atoms with Gasteiger partial charge in [-0.2, -0.15) is 0 Å². The number of hydrogen-bond acceptors (Lipinski definition) is 3. The van der Waals surface area contributed by atoms with Crippen LogP contribution in [-0.2, 0) is 4.74 Å². The van der Waals surface area contributed by atoms with Crippen LogP contribution in [0.25, 0.3) is 0 Å². The second-order valence-electron chi connectivity index (χ2n) is 4.83. The SMILES string of the molecule is CC(C)(C)OC(=O)NNC(=O)Nc1cc(Cl)ccc1Cl. The molecule has 0 saturated carbocycles. The van der Waals surface area contributed by atoms with E-state index in [0.717, 1.165) is 0 Å². The van der Waals surface area contributed by atoms with E-state index >= 15 is 0 Å². The third kappa shape index (κ3) is 5.99. The number of anilines is 1. The van der Waals surface area contributed by atoms with Crippen molar-refractivity contribution in [2.75, 3.05) is 5.32 Å². The smallest absolute Gasteiger partial charge is 0.426 e. The van der Waals surface area contributed by atoms with Crippen molar-refractivity contribution in [2.24, 2.45) is 0 Å². The minimum Gasteiger partial charge on any atom is -0.443 e. The summed E-state index contributed by atoms with van der Waals surface area (Å²) in [7, 11) is 0. The Balaban J connectivity index is 2.48. The van der Waals surface area contributed by atoms with Crippen molar-refractivity contribution in [3.05, 3.63) is 28.2 Å². The van der Waals surface area contributed by atoms with Crippen LogP contribution in [0.4, 0.5) is 15.3 Å². The van der Waals surface area contributed by atoms with Crippen LogP contribution >= 0.6 is 23.2 Å². The van der Waals surface area contributed by atoms with Crippen LogP contribution < -0.4 is 16.2 Å². The predicted molar refractivity (Wildman–Crippen MR) is 78.0 cm³/mol. The molecule has 0 aliphatic carbocycles. The molecule has 0 bridgehead atoms. The van der Waals surface area contributed by atoms with Crippen molar-refractivity contribution in [1.29, 1.82) is 0 Å². The lowest BCUT2D eigenvalue weighted by atomic mass is 10.2. The van der Waals surface area contributed by atoms with Gasteiger partial charge >= 0.3 is 12.1 Å². The molecule has 0 spiro atoms. The van der Waals surface area contributed by atoms with E-state index in [1.165, 1.54) is 6.07 Å². The Hall–Kier alpha value is -1.66. The minimum atomic E-state index is -0.773. The highest BCUT2D eigenvalue weighted by atomic mass is 35.5. The predicted octanol–water partition coefficient (Wildman–Crippen LogP) is 3.55. The van der Waals surface area contributed by atoms with Gasteiger partial charge in [0.15, 0.2) is 0 Å². The van der Waals surface area contributed by atoms with Crippen molar-refractivity contribution in [3.63, 3.8) is 0 Å². The Bertz CT molecular complexity index is 515. The summed E-state index contributed by atoms with van der Waals surface area (Å²) in [5.41, 5.74) is 3.89. The third-order valence-electron chi connectivity index (χ3n) is 1.85. The van der Waals surface area contributed by atoms with Gasteiger partial charge in [-0.05, 0) is 39.0 Å². The molecule has 3 N–H and O–H groups in total. The Morgan fingerprint density at radius 3 is 2.40 bits per heavy atom. The van der Waals surface area contributed by atoms with E-state index in [2.05, 4.69) is 16.2 Å². The first-order valence-corrected chi connectivity index (χ1v) is 6.44. The molecule has 6 nitrogen and oxygen atoms in total. The standard InChI is InChI=1S/C12H15Cl2N3O3/c1-12(2,3)20-11(19)17-16-10(18)15-9-6-7(13)4-5-8(9)14/h4-6H,1-3H3,(H,17,19)(H2,15,16,18). The van der Waals surface area contributed by atoms with Gasteiger partial charge in [0.05, 0.1) is 10.7 Å². The minimum absolute atomic E-state index is 0.321. The van der Waals surface area contributed by atoms with E-state index in [0.29, 0.717) is 15.7 Å². The molecule has 0 radical (unpaired) electrons. The summed E-state index contributed by atoms with van der Waals surface area (Å²) >= 11 is 11.7. The van der Waals surface area contributed by atoms with E-state index in [4.69, 9.17) is 27.9 Å². The second-order valence-corrected chi connectivity index (χ2v) is 5.67. The topological polar surface area (TPSA) is 79.5 Å². The molecule has 0 atom stereocenters. The first kappa shape index (κ1) is 16.4. The van der Waals surface area contributed by atoms with E-state index in [1.807, 2.05) is 0 Å². The van der Waals surface area contributed by atoms with Gasteiger partial charge in [0.25, 0.3) is 0 Å². The Morgan fingerprint density at radius 2 is 1.80 bits per heavy atom.